The van der Waals surface area contributed by atoms with Crippen molar-refractivity contribution in [1.82, 2.24) is 10.2 Å². The van der Waals surface area contributed by atoms with Gasteiger partial charge in [-0.2, -0.15) is 0 Å². The number of rotatable bonds is 8. The normalized spacial score (nSPS) is 11.8. The highest BCUT2D eigenvalue weighted by Gasteiger charge is 2.26. The molecule has 156 valence electrons. The summed E-state index contributed by atoms with van der Waals surface area (Å²) >= 11 is 25.6. The Morgan fingerprint density at radius 1 is 1.03 bits per heavy atom. The van der Waals surface area contributed by atoms with Crippen LogP contribution in [0.2, 0.25) is 20.1 Å². The second-order valence-electron chi connectivity index (χ2n) is 6.29. The molecule has 0 aliphatic heterocycles. The Hall–Kier alpha value is -1.11. The largest absolute Gasteiger partial charge is 0.357 e. The van der Waals surface area contributed by atoms with E-state index >= 15 is 0 Å². The minimum absolute atomic E-state index is 0.169. The molecule has 4 nitrogen and oxygen atoms in total. The molecule has 0 saturated heterocycles. The van der Waals surface area contributed by atoms with Gasteiger partial charge >= 0.3 is 0 Å². The molecule has 2 amide bonds. The summed E-state index contributed by atoms with van der Waals surface area (Å²) in [5, 5.41) is 4.50. The van der Waals surface area contributed by atoms with Crippen LogP contribution in [0.15, 0.2) is 36.4 Å². The lowest BCUT2D eigenvalue weighted by molar-refractivity contribution is -0.138. The molecule has 29 heavy (non-hydrogen) atoms. The predicted octanol–water partition coefficient (Wildman–Crippen LogP) is 5.70. The monoisotopic (exact) mass is 492 g/mol. The van der Waals surface area contributed by atoms with Crippen LogP contribution >= 0.6 is 58.2 Å². The van der Waals surface area contributed by atoms with Crippen LogP contribution in [0.25, 0.3) is 0 Å². The van der Waals surface area contributed by atoms with E-state index in [4.69, 9.17) is 46.4 Å². The number of carbonyl (C=O) groups is 2. The number of nitrogens with one attached hydrogen (secondary N) is 1. The molecule has 1 atom stereocenters. The Kier molecular flexibility index (Phi) is 9.44. The lowest BCUT2D eigenvalue weighted by Gasteiger charge is -2.28. The van der Waals surface area contributed by atoms with Gasteiger partial charge in [0.15, 0.2) is 0 Å². The van der Waals surface area contributed by atoms with Gasteiger partial charge in [-0.1, -0.05) is 58.5 Å². The van der Waals surface area contributed by atoms with E-state index in [2.05, 4.69) is 5.32 Å². The first-order valence-corrected chi connectivity index (χ1v) is 11.4. The Morgan fingerprint density at radius 3 is 2.38 bits per heavy atom. The average Bonchev–Trinajstić information content (AvgIpc) is 2.68. The van der Waals surface area contributed by atoms with Crippen LogP contribution < -0.4 is 5.32 Å². The van der Waals surface area contributed by atoms with Crippen molar-refractivity contribution in [3.63, 3.8) is 0 Å². The van der Waals surface area contributed by atoms with Gasteiger partial charge in [0.25, 0.3) is 0 Å². The summed E-state index contributed by atoms with van der Waals surface area (Å²) < 4.78 is 0. The SMILES string of the molecule is CNC(=O)[C@@H](C)N(Cc1ccc(Cl)cc1Cl)C(=O)CSCc1ccc(Cl)c(Cl)c1. The summed E-state index contributed by atoms with van der Waals surface area (Å²) in [6.45, 7) is 1.89. The van der Waals surface area contributed by atoms with Crippen LogP contribution in [0.5, 0.6) is 0 Å². The van der Waals surface area contributed by atoms with Gasteiger partial charge in [-0.05, 0) is 42.3 Å². The number of carbonyl (C=O) groups excluding carboxylic acids is 2. The third kappa shape index (κ3) is 6.97. The zero-order chi connectivity index (χ0) is 21.6. The fraction of sp³-hybridized carbons (Fsp3) is 0.300. The Labute approximate surface area is 194 Å². The molecule has 2 aromatic carbocycles. The molecule has 2 rings (SSSR count). The van der Waals surface area contributed by atoms with Gasteiger partial charge in [-0.15, -0.1) is 11.8 Å². The molecule has 0 heterocycles. The highest BCUT2D eigenvalue weighted by atomic mass is 35.5. The maximum Gasteiger partial charge on any atom is 0.242 e. The minimum Gasteiger partial charge on any atom is -0.357 e. The van der Waals surface area contributed by atoms with Crippen LogP contribution in [0.4, 0.5) is 0 Å². The van der Waals surface area contributed by atoms with Gasteiger partial charge in [0.1, 0.15) is 6.04 Å². The molecule has 0 saturated carbocycles. The van der Waals surface area contributed by atoms with Gasteiger partial charge in [0, 0.05) is 29.4 Å². The molecular formula is C20H20Cl4N2O2S. The quantitative estimate of drug-likeness (QED) is 0.513. The molecule has 0 aliphatic carbocycles. The summed E-state index contributed by atoms with van der Waals surface area (Å²) in [6.07, 6.45) is 0. The average molecular weight is 494 g/mol. The molecule has 0 aromatic heterocycles. The first-order valence-electron chi connectivity index (χ1n) is 8.69. The van der Waals surface area contributed by atoms with Crippen molar-refractivity contribution in [1.29, 1.82) is 0 Å². The molecule has 0 aliphatic rings. The van der Waals surface area contributed by atoms with Crippen molar-refractivity contribution in [2.24, 2.45) is 0 Å². The summed E-state index contributed by atoms with van der Waals surface area (Å²) in [4.78, 5) is 26.6. The van der Waals surface area contributed by atoms with E-state index in [1.807, 2.05) is 6.07 Å². The van der Waals surface area contributed by atoms with Gasteiger partial charge in [0.2, 0.25) is 11.8 Å². The summed E-state index contributed by atoms with van der Waals surface area (Å²) in [7, 11) is 1.54. The topological polar surface area (TPSA) is 49.4 Å². The standard InChI is InChI=1S/C20H20Cl4N2O2S/c1-12(20(28)25-2)26(9-14-4-5-15(21)8-17(14)23)19(27)11-29-10-13-3-6-16(22)18(24)7-13/h3-8,12H,9-11H2,1-2H3,(H,25,28)/t12-/m1/s1. The third-order valence-corrected chi connectivity index (χ3v) is 6.56. The highest BCUT2D eigenvalue weighted by molar-refractivity contribution is 7.99. The number of hydrogen-bond donors (Lipinski definition) is 1. The van der Waals surface area contributed by atoms with Crippen molar-refractivity contribution in [2.75, 3.05) is 12.8 Å². The van der Waals surface area contributed by atoms with Crippen molar-refractivity contribution in [3.05, 3.63) is 67.6 Å². The van der Waals surface area contributed by atoms with Crippen LogP contribution in [0.3, 0.4) is 0 Å². The van der Waals surface area contributed by atoms with Gasteiger partial charge in [-0.25, -0.2) is 0 Å². The number of halogens is 4. The van der Waals surface area contributed by atoms with Crippen LogP contribution in [-0.2, 0) is 21.9 Å². The molecule has 0 bridgehead atoms. The minimum atomic E-state index is -0.648. The van der Waals surface area contributed by atoms with E-state index in [1.54, 1.807) is 37.3 Å². The second kappa shape index (κ2) is 11.3. The van der Waals surface area contributed by atoms with E-state index in [-0.39, 0.29) is 24.1 Å². The molecule has 0 radical (unpaired) electrons. The lowest BCUT2D eigenvalue weighted by Crippen LogP contribution is -2.47. The van der Waals surface area contributed by atoms with Crippen LogP contribution in [-0.4, -0.2) is 35.6 Å². The Morgan fingerprint density at radius 2 is 1.76 bits per heavy atom. The van der Waals surface area contributed by atoms with Crippen molar-refractivity contribution in [2.45, 2.75) is 25.3 Å². The number of amides is 2. The van der Waals surface area contributed by atoms with E-state index in [0.717, 1.165) is 11.1 Å². The van der Waals surface area contributed by atoms with E-state index in [1.165, 1.54) is 23.7 Å². The molecule has 1 N–H and O–H groups in total. The first kappa shape index (κ1) is 24.2. The number of benzene rings is 2. The molecule has 9 heteroatoms. The highest BCUT2D eigenvalue weighted by Crippen LogP contribution is 2.26. The fourth-order valence-electron chi connectivity index (χ4n) is 2.59. The Bertz CT molecular complexity index is 895. The third-order valence-electron chi connectivity index (χ3n) is 4.25. The van der Waals surface area contributed by atoms with Crippen LogP contribution in [0, 0.1) is 0 Å². The number of hydrogen-bond acceptors (Lipinski definition) is 3. The van der Waals surface area contributed by atoms with Crippen molar-refractivity contribution >= 4 is 70.0 Å². The maximum atomic E-state index is 12.9. The second-order valence-corrected chi connectivity index (χ2v) is 8.93. The van der Waals surface area contributed by atoms with Crippen LogP contribution in [0.1, 0.15) is 18.1 Å². The van der Waals surface area contributed by atoms with E-state index in [9.17, 15) is 9.59 Å². The molecule has 0 fully saturated rings. The number of thioether (sulfide) groups is 1. The number of nitrogens with zero attached hydrogens (tertiary/aromatic N) is 1. The van der Waals surface area contributed by atoms with E-state index in [0.29, 0.717) is 25.8 Å². The van der Waals surface area contributed by atoms with Gasteiger partial charge in [0.05, 0.1) is 15.8 Å². The molecular weight excluding hydrogens is 474 g/mol. The molecule has 2 aromatic rings. The van der Waals surface area contributed by atoms with E-state index < -0.39 is 6.04 Å². The summed E-state index contributed by atoms with van der Waals surface area (Å²) in [5.74, 6) is 0.370. The maximum absolute atomic E-state index is 12.9. The first-order chi connectivity index (χ1) is 13.7. The van der Waals surface area contributed by atoms with Gasteiger partial charge in [-0.3, -0.25) is 9.59 Å². The van der Waals surface area contributed by atoms with Gasteiger partial charge < -0.3 is 10.2 Å². The van der Waals surface area contributed by atoms with Crippen molar-refractivity contribution < 1.29 is 9.59 Å². The summed E-state index contributed by atoms with van der Waals surface area (Å²) in [6, 6.07) is 9.79. The zero-order valence-corrected chi connectivity index (χ0v) is 19.7. The lowest BCUT2D eigenvalue weighted by atomic mass is 10.1. The smallest absolute Gasteiger partial charge is 0.242 e. The zero-order valence-electron chi connectivity index (χ0n) is 15.8. The van der Waals surface area contributed by atoms with Crippen molar-refractivity contribution in [3.8, 4) is 0 Å². The number of likely N-dealkylation sites (N-methyl/N-ethyl adjacent to an activating group) is 1. The Balaban J connectivity index is 2.09. The summed E-state index contributed by atoms with van der Waals surface area (Å²) in [5.41, 5.74) is 1.68. The predicted molar refractivity (Wildman–Crippen MR) is 123 cm³/mol. The molecule has 0 unspecified atom stereocenters. The molecule has 0 spiro atoms. The fourth-order valence-corrected chi connectivity index (χ4v) is 4.24.